The molecular weight excluding hydrogens is 272 g/mol. The van der Waals surface area contributed by atoms with Gasteiger partial charge in [0, 0.05) is 18.6 Å². The lowest BCUT2D eigenvalue weighted by Crippen LogP contribution is -2.34. The van der Waals surface area contributed by atoms with E-state index in [-0.39, 0.29) is 12.1 Å². The molecule has 5 heteroatoms. The van der Waals surface area contributed by atoms with Crippen LogP contribution in [0, 0.1) is 0 Å². The zero-order chi connectivity index (χ0) is 14.8. The Morgan fingerprint density at radius 3 is 2.35 bits per heavy atom. The molecule has 0 aromatic heterocycles. The third kappa shape index (κ3) is 3.40. The predicted octanol–water partition coefficient (Wildman–Crippen LogP) is 2.66. The first-order valence-corrected chi connectivity index (χ1v) is 8.78. The standard InChI is InChI=1S/C15H24N2O2S/c1-3-4-11-17(14-7-8-14)20(18,19)15-9-5-13(6-10-15)12(2)16/h5-6,9-10,12,14H,3-4,7-8,11,16H2,1-2H3. The molecule has 4 nitrogen and oxygen atoms in total. The van der Waals surface area contributed by atoms with Crippen LogP contribution in [0.4, 0.5) is 0 Å². The third-order valence-electron chi connectivity index (χ3n) is 3.70. The Balaban J connectivity index is 2.22. The molecule has 1 aromatic carbocycles. The van der Waals surface area contributed by atoms with E-state index in [0.717, 1.165) is 31.2 Å². The van der Waals surface area contributed by atoms with Crippen molar-refractivity contribution in [3.63, 3.8) is 0 Å². The van der Waals surface area contributed by atoms with Gasteiger partial charge >= 0.3 is 0 Å². The van der Waals surface area contributed by atoms with Gasteiger partial charge in [-0.2, -0.15) is 4.31 Å². The maximum atomic E-state index is 12.7. The normalized spacial score (nSPS) is 17.4. The van der Waals surface area contributed by atoms with Crippen LogP contribution in [0.2, 0.25) is 0 Å². The van der Waals surface area contributed by atoms with Gasteiger partial charge in [0.1, 0.15) is 0 Å². The van der Waals surface area contributed by atoms with Crippen molar-refractivity contribution < 1.29 is 8.42 Å². The van der Waals surface area contributed by atoms with Gasteiger partial charge in [0.25, 0.3) is 0 Å². The van der Waals surface area contributed by atoms with Gasteiger partial charge in [-0.15, -0.1) is 0 Å². The number of nitrogens with zero attached hydrogens (tertiary/aromatic N) is 1. The number of hydrogen-bond donors (Lipinski definition) is 1. The van der Waals surface area contributed by atoms with Crippen LogP contribution in [0.25, 0.3) is 0 Å². The van der Waals surface area contributed by atoms with E-state index >= 15 is 0 Å². The Morgan fingerprint density at radius 1 is 1.30 bits per heavy atom. The highest BCUT2D eigenvalue weighted by atomic mass is 32.2. The molecule has 1 fully saturated rings. The second-order valence-electron chi connectivity index (χ2n) is 5.56. The van der Waals surface area contributed by atoms with E-state index in [1.165, 1.54) is 0 Å². The lowest BCUT2D eigenvalue weighted by atomic mass is 10.1. The number of nitrogens with two attached hydrogens (primary N) is 1. The molecule has 1 aromatic rings. The van der Waals surface area contributed by atoms with Gasteiger partial charge in [0.15, 0.2) is 0 Å². The minimum absolute atomic E-state index is 0.0774. The van der Waals surface area contributed by atoms with Crippen LogP contribution in [0.5, 0.6) is 0 Å². The second-order valence-corrected chi connectivity index (χ2v) is 7.45. The van der Waals surface area contributed by atoms with Crippen molar-refractivity contribution in [2.24, 2.45) is 5.73 Å². The van der Waals surface area contributed by atoms with Crippen LogP contribution >= 0.6 is 0 Å². The third-order valence-corrected chi connectivity index (χ3v) is 5.66. The summed E-state index contributed by atoms with van der Waals surface area (Å²) in [6.07, 6.45) is 3.89. The fraction of sp³-hybridized carbons (Fsp3) is 0.600. The van der Waals surface area contributed by atoms with Crippen molar-refractivity contribution in [3.8, 4) is 0 Å². The summed E-state index contributed by atoms with van der Waals surface area (Å²) in [5.74, 6) is 0. The molecule has 1 aliphatic carbocycles. The molecule has 0 saturated heterocycles. The highest BCUT2D eigenvalue weighted by Crippen LogP contribution is 2.32. The molecule has 0 aliphatic heterocycles. The summed E-state index contributed by atoms with van der Waals surface area (Å²) in [5.41, 5.74) is 6.75. The van der Waals surface area contributed by atoms with Gasteiger partial charge in [0.05, 0.1) is 4.90 Å². The van der Waals surface area contributed by atoms with Crippen LogP contribution in [0.15, 0.2) is 29.2 Å². The molecule has 1 atom stereocenters. The van der Waals surface area contributed by atoms with Crippen molar-refractivity contribution >= 4 is 10.0 Å². The fourth-order valence-corrected chi connectivity index (χ4v) is 3.98. The van der Waals surface area contributed by atoms with Crippen LogP contribution in [-0.2, 0) is 10.0 Å². The van der Waals surface area contributed by atoms with E-state index < -0.39 is 10.0 Å². The van der Waals surface area contributed by atoms with Gasteiger partial charge in [-0.1, -0.05) is 25.5 Å². The lowest BCUT2D eigenvalue weighted by molar-refractivity contribution is 0.395. The number of rotatable bonds is 7. The van der Waals surface area contributed by atoms with E-state index in [2.05, 4.69) is 6.92 Å². The monoisotopic (exact) mass is 296 g/mol. The fourth-order valence-electron chi connectivity index (χ4n) is 2.25. The van der Waals surface area contributed by atoms with Crippen LogP contribution in [0.1, 0.15) is 51.1 Å². The molecule has 1 aliphatic rings. The molecule has 1 saturated carbocycles. The Kier molecular flexibility index (Phi) is 4.83. The summed E-state index contributed by atoms with van der Waals surface area (Å²) in [4.78, 5) is 0.380. The minimum atomic E-state index is -3.36. The van der Waals surface area contributed by atoms with Gasteiger partial charge in [-0.3, -0.25) is 0 Å². The minimum Gasteiger partial charge on any atom is -0.324 e. The molecule has 0 bridgehead atoms. The molecule has 0 heterocycles. The summed E-state index contributed by atoms with van der Waals surface area (Å²) in [6, 6.07) is 7.10. The first-order chi connectivity index (χ1) is 9.46. The SMILES string of the molecule is CCCCN(C1CC1)S(=O)(=O)c1ccc(C(C)N)cc1. The predicted molar refractivity (Wildman–Crippen MR) is 80.9 cm³/mol. The van der Waals surface area contributed by atoms with Gasteiger partial charge in [-0.05, 0) is 43.9 Å². The van der Waals surface area contributed by atoms with E-state index in [4.69, 9.17) is 5.73 Å². The molecule has 2 N–H and O–H groups in total. The van der Waals surface area contributed by atoms with Crippen molar-refractivity contribution in [1.29, 1.82) is 0 Å². The Hall–Kier alpha value is -0.910. The quantitative estimate of drug-likeness (QED) is 0.841. The highest BCUT2D eigenvalue weighted by Gasteiger charge is 2.37. The summed E-state index contributed by atoms with van der Waals surface area (Å²) in [6.45, 7) is 4.59. The van der Waals surface area contributed by atoms with Crippen LogP contribution in [-0.4, -0.2) is 25.3 Å². The summed E-state index contributed by atoms with van der Waals surface area (Å²) in [5, 5.41) is 0. The smallest absolute Gasteiger partial charge is 0.243 e. The van der Waals surface area contributed by atoms with Gasteiger partial charge in [0.2, 0.25) is 10.0 Å². The second kappa shape index (κ2) is 6.24. The molecule has 0 amide bonds. The topological polar surface area (TPSA) is 63.4 Å². The Morgan fingerprint density at radius 2 is 1.90 bits per heavy atom. The molecule has 0 radical (unpaired) electrons. The summed E-state index contributed by atoms with van der Waals surface area (Å²) >= 11 is 0. The first-order valence-electron chi connectivity index (χ1n) is 7.34. The van der Waals surface area contributed by atoms with Crippen LogP contribution in [0.3, 0.4) is 0 Å². The molecule has 112 valence electrons. The van der Waals surface area contributed by atoms with Crippen LogP contribution < -0.4 is 5.73 Å². The number of benzene rings is 1. The van der Waals surface area contributed by atoms with E-state index in [1.54, 1.807) is 16.4 Å². The van der Waals surface area contributed by atoms with Crippen molar-refractivity contribution in [1.82, 2.24) is 4.31 Å². The molecule has 0 spiro atoms. The van der Waals surface area contributed by atoms with E-state index in [0.29, 0.717) is 11.4 Å². The van der Waals surface area contributed by atoms with Crippen molar-refractivity contribution in [3.05, 3.63) is 29.8 Å². The highest BCUT2D eigenvalue weighted by molar-refractivity contribution is 7.89. The summed E-state index contributed by atoms with van der Waals surface area (Å²) in [7, 11) is -3.36. The molecule has 2 rings (SSSR count). The van der Waals surface area contributed by atoms with Gasteiger partial charge < -0.3 is 5.73 Å². The Labute approximate surface area is 122 Å². The average Bonchev–Trinajstić information content (AvgIpc) is 3.23. The molecular formula is C15H24N2O2S. The number of sulfonamides is 1. The number of unbranched alkanes of at least 4 members (excludes halogenated alkanes) is 1. The Bertz CT molecular complexity index is 533. The molecule has 20 heavy (non-hydrogen) atoms. The zero-order valence-electron chi connectivity index (χ0n) is 12.2. The zero-order valence-corrected chi connectivity index (χ0v) is 13.1. The maximum absolute atomic E-state index is 12.7. The lowest BCUT2D eigenvalue weighted by Gasteiger charge is -2.22. The van der Waals surface area contributed by atoms with Gasteiger partial charge in [-0.25, -0.2) is 8.42 Å². The summed E-state index contributed by atoms with van der Waals surface area (Å²) < 4.78 is 27.1. The first kappa shape index (κ1) is 15.5. The van der Waals surface area contributed by atoms with E-state index in [1.807, 2.05) is 19.1 Å². The van der Waals surface area contributed by atoms with Crippen molar-refractivity contribution in [2.75, 3.05) is 6.54 Å². The van der Waals surface area contributed by atoms with Crippen molar-refractivity contribution in [2.45, 2.75) is 56.5 Å². The number of hydrogen-bond acceptors (Lipinski definition) is 3. The largest absolute Gasteiger partial charge is 0.324 e. The molecule has 1 unspecified atom stereocenters. The maximum Gasteiger partial charge on any atom is 0.243 e. The van der Waals surface area contributed by atoms with E-state index in [9.17, 15) is 8.42 Å². The average molecular weight is 296 g/mol.